The smallest absolute Gasteiger partial charge is 0.0897 e. The summed E-state index contributed by atoms with van der Waals surface area (Å²) in [4.78, 5) is 0. The minimum absolute atomic E-state index is 0.0306. The van der Waals surface area contributed by atoms with E-state index in [1.54, 1.807) is 7.11 Å². The van der Waals surface area contributed by atoms with E-state index in [1.165, 1.54) is 11.5 Å². The second-order valence-electron chi connectivity index (χ2n) is 4.55. The minimum Gasteiger partial charge on any atom is -0.389 e. The van der Waals surface area contributed by atoms with Gasteiger partial charge in [0.05, 0.1) is 25.4 Å². The molecule has 3 unspecified atom stereocenters. The molecule has 5 heteroatoms. The molecule has 0 aliphatic rings. The fourth-order valence-corrected chi connectivity index (χ4v) is 2.27. The summed E-state index contributed by atoms with van der Waals surface area (Å²) in [5, 5.41) is 13.1. The van der Waals surface area contributed by atoms with Crippen LogP contribution in [0.25, 0.3) is 0 Å². The van der Waals surface area contributed by atoms with E-state index in [0.29, 0.717) is 25.8 Å². The van der Waals surface area contributed by atoms with Crippen molar-refractivity contribution in [1.29, 1.82) is 0 Å². The molecule has 0 amide bonds. The Bertz CT molecular complexity index is 184. The lowest BCUT2D eigenvalue weighted by molar-refractivity contribution is -0.0315. The topological polar surface area (TPSA) is 50.7 Å². The van der Waals surface area contributed by atoms with Crippen LogP contribution in [-0.2, 0) is 9.47 Å². The third kappa shape index (κ3) is 11.3. The summed E-state index contributed by atoms with van der Waals surface area (Å²) in [7, 11) is 1.65. The van der Waals surface area contributed by atoms with Crippen LogP contribution in [0.15, 0.2) is 0 Å². The van der Waals surface area contributed by atoms with E-state index in [-0.39, 0.29) is 6.10 Å². The number of nitrogens with one attached hydrogen (secondary N) is 1. The first-order chi connectivity index (χ1) is 8.60. The number of hydrogen-bond acceptors (Lipinski definition) is 5. The molecule has 110 valence electrons. The van der Waals surface area contributed by atoms with Crippen molar-refractivity contribution in [2.24, 2.45) is 0 Å². The molecule has 0 saturated carbocycles. The highest BCUT2D eigenvalue weighted by molar-refractivity contribution is 7.99. The van der Waals surface area contributed by atoms with Gasteiger partial charge in [-0.2, -0.15) is 11.8 Å². The van der Waals surface area contributed by atoms with Crippen molar-refractivity contribution in [3.63, 3.8) is 0 Å². The van der Waals surface area contributed by atoms with E-state index in [0.717, 1.165) is 6.42 Å². The lowest BCUT2D eigenvalue weighted by atomic mass is 10.2. The monoisotopic (exact) mass is 279 g/mol. The molecule has 0 radical (unpaired) electrons. The van der Waals surface area contributed by atoms with Gasteiger partial charge in [0.25, 0.3) is 0 Å². The summed E-state index contributed by atoms with van der Waals surface area (Å²) in [6.07, 6.45) is 0.709. The van der Waals surface area contributed by atoms with Gasteiger partial charge in [0, 0.05) is 19.7 Å². The summed E-state index contributed by atoms with van der Waals surface area (Å²) < 4.78 is 10.4. The van der Waals surface area contributed by atoms with Gasteiger partial charge in [0.1, 0.15) is 0 Å². The van der Waals surface area contributed by atoms with Crippen molar-refractivity contribution in [2.75, 3.05) is 38.4 Å². The second-order valence-corrected chi connectivity index (χ2v) is 5.94. The molecule has 0 aromatic carbocycles. The molecule has 2 N–H and O–H groups in total. The number of hydrogen-bond donors (Lipinski definition) is 2. The van der Waals surface area contributed by atoms with Gasteiger partial charge in [0.15, 0.2) is 0 Å². The Labute approximate surface area is 116 Å². The van der Waals surface area contributed by atoms with Gasteiger partial charge in [-0.05, 0) is 31.8 Å². The number of aliphatic hydroxyl groups is 1. The fourth-order valence-electron chi connectivity index (χ4n) is 1.46. The molecule has 0 bridgehead atoms. The van der Waals surface area contributed by atoms with Gasteiger partial charge in [-0.25, -0.2) is 0 Å². The minimum atomic E-state index is -0.453. The molecule has 0 aromatic rings. The van der Waals surface area contributed by atoms with Crippen LogP contribution in [0.2, 0.25) is 0 Å². The molecule has 0 aliphatic carbocycles. The highest BCUT2D eigenvalue weighted by Crippen LogP contribution is 2.03. The van der Waals surface area contributed by atoms with Gasteiger partial charge < -0.3 is 19.9 Å². The van der Waals surface area contributed by atoms with E-state index >= 15 is 0 Å². The van der Waals surface area contributed by atoms with Crippen LogP contribution in [0.5, 0.6) is 0 Å². The quantitative estimate of drug-likeness (QED) is 0.531. The number of rotatable bonds is 12. The van der Waals surface area contributed by atoms with Crippen LogP contribution >= 0.6 is 11.8 Å². The second kappa shape index (κ2) is 12.2. The van der Waals surface area contributed by atoms with Crippen molar-refractivity contribution in [1.82, 2.24) is 5.32 Å². The van der Waals surface area contributed by atoms with Crippen LogP contribution < -0.4 is 5.32 Å². The molecule has 18 heavy (non-hydrogen) atoms. The average Bonchev–Trinajstić information content (AvgIpc) is 2.34. The van der Waals surface area contributed by atoms with Crippen LogP contribution in [0.3, 0.4) is 0 Å². The molecule has 3 atom stereocenters. The van der Waals surface area contributed by atoms with Gasteiger partial charge in [0.2, 0.25) is 0 Å². The average molecular weight is 279 g/mol. The van der Waals surface area contributed by atoms with Gasteiger partial charge in [-0.1, -0.05) is 6.92 Å². The molecule has 4 nitrogen and oxygen atoms in total. The van der Waals surface area contributed by atoms with Crippen LogP contribution in [-0.4, -0.2) is 61.7 Å². The Morgan fingerprint density at radius 3 is 2.61 bits per heavy atom. The Hall–Kier alpha value is 0.190. The van der Waals surface area contributed by atoms with Crippen molar-refractivity contribution < 1.29 is 14.6 Å². The van der Waals surface area contributed by atoms with Crippen molar-refractivity contribution in [3.8, 4) is 0 Å². The molecular formula is C13H29NO3S. The predicted molar refractivity (Wildman–Crippen MR) is 78.4 cm³/mol. The Balaban J connectivity index is 3.47. The van der Waals surface area contributed by atoms with E-state index in [2.05, 4.69) is 19.2 Å². The zero-order valence-electron chi connectivity index (χ0n) is 12.1. The maximum atomic E-state index is 9.75. The largest absolute Gasteiger partial charge is 0.389 e. The van der Waals surface area contributed by atoms with Crippen LogP contribution in [0.4, 0.5) is 0 Å². The molecule has 0 rings (SSSR count). The highest BCUT2D eigenvalue weighted by Gasteiger charge is 2.09. The third-order valence-electron chi connectivity index (χ3n) is 2.58. The lowest BCUT2D eigenvalue weighted by Crippen LogP contribution is -2.37. The van der Waals surface area contributed by atoms with E-state index < -0.39 is 6.10 Å². The molecule has 0 spiro atoms. The Morgan fingerprint density at radius 1 is 1.28 bits per heavy atom. The summed E-state index contributed by atoms with van der Waals surface area (Å²) >= 11 is 1.95. The summed E-state index contributed by atoms with van der Waals surface area (Å²) in [5.41, 5.74) is 0. The number of ether oxygens (including phenoxy) is 2. The molecule has 0 fully saturated rings. The molecule has 0 heterocycles. The molecule has 0 saturated heterocycles. The van der Waals surface area contributed by atoms with Crippen LogP contribution in [0, 0.1) is 0 Å². The first-order valence-corrected chi connectivity index (χ1v) is 7.85. The SMILES string of the molecule is CCSCCC(C)NCC(O)COC(C)COC. The fraction of sp³-hybridized carbons (Fsp3) is 1.00. The Kier molecular flexibility index (Phi) is 12.4. The normalized spacial score (nSPS) is 16.5. The summed E-state index contributed by atoms with van der Waals surface area (Å²) in [6, 6.07) is 0.440. The standard InChI is InChI=1S/C13H29NO3S/c1-5-18-7-6-11(2)14-8-13(15)10-17-12(3)9-16-4/h11-15H,5-10H2,1-4H3. The maximum Gasteiger partial charge on any atom is 0.0897 e. The van der Waals surface area contributed by atoms with Crippen molar-refractivity contribution in [3.05, 3.63) is 0 Å². The van der Waals surface area contributed by atoms with Crippen LogP contribution in [0.1, 0.15) is 27.2 Å². The maximum absolute atomic E-state index is 9.75. The predicted octanol–water partition coefficient (Wildman–Crippen LogP) is 1.52. The van der Waals surface area contributed by atoms with Gasteiger partial charge in [-0.15, -0.1) is 0 Å². The highest BCUT2D eigenvalue weighted by atomic mass is 32.2. The molecule has 0 aliphatic heterocycles. The number of aliphatic hydroxyl groups excluding tert-OH is 1. The first-order valence-electron chi connectivity index (χ1n) is 6.69. The number of methoxy groups -OCH3 is 1. The molecular weight excluding hydrogens is 250 g/mol. The molecule has 0 aromatic heterocycles. The van der Waals surface area contributed by atoms with Gasteiger partial charge in [-0.3, -0.25) is 0 Å². The van der Waals surface area contributed by atoms with E-state index in [1.807, 2.05) is 18.7 Å². The first kappa shape index (κ1) is 18.2. The van der Waals surface area contributed by atoms with E-state index in [4.69, 9.17) is 9.47 Å². The van der Waals surface area contributed by atoms with Crippen molar-refractivity contribution in [2.45, 2.75) is 45.4 Å². The summed E-state index contributed by atoms with van der Waals surface area (Å²) in [5.74, 6) is 2.34. The van der Waals surface area contributed by atoms with Gasteiger partial charge >= 0.3 is 0 Å². The summed E-state index contributed by atoms with van der Waals surface area (Å²) in [6.45, 7) is 7.76. The third-order valence-corrected chi connectivity index (χ3v) is 3.51. The number of thioether (sulfide) groups is 1. The Morgan fingerprint density at radius 2 is 2.00 bits per heavy atom. The lowest BCUT2D eigenvalue weighted by Gasteiger charge is -2.19. The van der Waals surface area contributed by atoms with E-state index in [9.17, 15) is 5.11 Å². The zero-order valence-corrected chi connectivity index (χ0v) is 13.0. The van der Waals surface area contributed by atoms with Crippen molar-refractivity contribution >= 4 is 11.8 Å². The zero-order chi connectivity index (χ0) is 13.8.